The molecule has 0 aromatic heterocycles. The molecular formula is C29H24O4. The zero-order chi connectivity index (χ0) is 22.9. The summed E-state index contributed by atoms with van der Waals surface area (Å²) in [6.07, 6.45) is 3.14. The van der Waals surface area contributed by atoms with Crippen molar-refractivity contribution >= 4 is 11.9 Å². The monoisotopic (exact) mass is 436 g/mol. The Morgan fingerprint density at radius 2 is 1.27 bits per heavy atom. The molecule has 0 saturated heterocycles. The molecule has 0 bridgehead atoms. The van der Waals surface area contributed by atoms with Crippen LogP contribution in [0.3, 0.4) is 0 Å². The Kier molecular flexibility index (Phi) is 7.18. The van der Waals surface area contributed by atoms with Crippen molar-refractivity contribution in [3.8, 4) is 17.2 Å². The van der Waals surface area contributed by atoms with Gasteiger partial charge in [0.1, 0.15) is 19.0 Å². The minimum atomic E-state index is -0.274. The maximum atomic E-state index is 12.5. The van der Waals surface area contributed by atoms with Gasteiger partial charge in [0.15, 0.2) is 17.3 Å². The Labute approximate surface area is 193 Å². The van der Waals surface area contributed by atoms with E-state index in [1.54, 1.807) is 24.3 Å². The molecule has 4 aromatic rings. The van der Waals surface area contributed by atoms with Crippen molar-refractivity contribution in [1.29, 1.82) is 0 Å². The zero-order valence-electron chi connectivity index (χ0n) is 18.1. The molecule has 0 aliphatic rings. The Hall–Kier alpha value is -4.31. The molecule has 0 atom stereocenters. The SMILES string of the molecule is O=C(C=Cc1ccc(OCc2ccccc2)c(OCc2ccccc2)c1)c1ccccc1O. The number of benzene rings is 4. The number of aromatic hydroxyl groups is 1. The number of ketones is 1. The second-order valence-electron chi connectivity index (χ2n) is 7.47. The molecule has 0 aliphatic heterocycles. The van der Waals surface area contributed by atoms with Gasteiger partial charge >= 0.3 is 0 Å². The summed E-state index contributed by atoms with van der Waals surface area (Å²) in [6.45, 7) is 0.815. The molecule has 0 aliphatic carbocycles. The lowest BCUT2D eigenvalue weighted by atomic mass is 10.1. The summed E-state index contributed by atoms with van der Waals surface area (Å²) in [5.74, 6) is 0.902. The molecular weight excluding hydrogens is 412 g/mol. The van der Waals surface area contributed by atoms with E-state index >= 15 is 0 Å². The summed E-state index contributed by atoms with van der Waals surface area (Å²) in [7, 11) is 0. The molecule has 4 nitrogen and oxygen atoms in total. The smallest absolute Gasteiger partial charge is 0.189 e. The first kappa shape index (κ1) is 21.9. The molecule has 4 heteroatoms. The number of ether oxygens (including phenoxy) is 2. The second-order valence-corrected chi connectivity index (χ2v) is 7.47. The van der Waals surface area contributed by atoms with E-state index in [0.29, 0.717) is 24.7 Å². The van der Waals surface area contributed by atoms with Crippen molar-refractivity contribution in [1.82, 2.24) is 0 Å². The Morgan fingerprint density at radius 1 is 0.697 bits per heavy atom. The van der Waals surface area contributed by atoms with E-state index in [9.17, 15) is 9.90 Å². The van der Waals surface area contributed by atoms with Crippen LogP contribution >= 0.6 is 0 Å². The van der Waals surface area contributed by atoms with Crippen molar-refractivity contribution in [3.63, 3.8) is 0 Å². The first-order valence-electron chi connectivity index (χ1n) is 10.7. The highest BCUT2D eigenvalue weighted by molar-refractivity contribution is 6.08. The lowest BCUT2D eigenvalue weighted by Gasteiger charge is -2.14. The van der Waals surface area contributed by atoms with Crippen molar-refractivity contribution in [3.05, 3.63) is 131 Å². The normalized spacial score (nSPS) is 10.8. The van der Waals surface area contributed by atoms with Crippen LogP contribution in [0, 0.1) is 0 Å². The van der Waals surface area contributed by atoms with E-state index in [0.717, 1.165) is 16.7 Å². The highest BCUT2D eigenvalue weighted by Gasteiger charge is 2.09. The molecule has 33 heavy (non-hydrogen) atoms. The summed E-state index contributed by atoms with van der Waals surface area (Å²) in [5.41, 5.74) is 3.15. The van der Waals surface area contributed by atoms with Gasteiger partial charge in [0.25, 0.3) is 0 Å². The van der Waals surface area contributed by atoms with Crippen LogP contribution in [0.15, 0.2) is 109 Å². The van der Waals surface area contributed by atoms with Gasteiger partial charge in [-0.1, -0.05) is 84.9 Å². The third-order valence-corrected chi connectivity index (χ3v) is 5.04. The van der Waals surface area contributed by atoms with Crippen molar-refractivity contribution in [2.75, 3.05) is 0 Å². The van der Waals surface area contributed by atoms with Gasteiger partial charge in [-0.05, 0) is 47.0 Å². The Balaban J connectivity index is 1.53. The number of hydrogen-bond donors (Lipinski definition) is 1. The van der Waals surface area contributed by atoms with E-state index < -0.39 is 0 Å². The number of carbonyl (C=O) groups is 1. The van der Waals surface area contributed by atoms with E-state index in [4.69, 9.17) is 9.47 Å². The first-order valence-corrected chi connectivity index (χ1v) is 10.7. The Bertz CT molecular complexity index is 1230. The van der Waals surface area contributed by atoms with Crippen LogP contribution in [0.4, 0.5) is 0 Å². The van der Waals surface area contributed by atoms with Crippen molar-refractivity contribution < 1.29 is 19.4 Å². The predicted molar refractivity (Wildman–Crippen MR) is 129 cm³/mol. The van der Waals surface area contributed by atoms with E-state index in [1.165, 1.54) is 12.1 Å². The molecule has 0 spiro atoms. The minimum absolute atomic E-state index is 0.0382. The van der Waals surface area contributed by atoms with E-state index in [-0.39, 0.29) is 17.1 Å². The van der Waals surface area contributed by atoms with Crippen LogP contribution in [-0.4, -0.2) is 10.9 Å². The predicted octanol–water partition coefficient (Wildman–Crippen LogP) is 6.45. The lowest BCUT2D eigenvalue weighted by Crippen LogP contribution is -2.01. The van der Waals surface area contributed by atoms with Gasteiger partial charge in [-0.15, -0.1) is 0 Å². The van der Waals surface area contributed by atoms with Gasteiger partial charge in [0, 0.05) is 0 Å². The number of phenols is 1. The highest BCUT2D eigenvalue weighted by atomic mass is 16.5. The van der Waals surface area contributed by atoms with Gasteiger partial charge in [-0.3, -0.25) is 4.79 Å². The summed E-state index contributed by atoms with van der Waals surface area (Å²) < 4.78 is 12.1. The molecule has 0 amide bonds. The third kappa shape index (κ3) is 6.11. The van der Waals surface area contributed by atoms with Gasteiger partial charge in [-0.25, -0.2) is 0 Å². The first-order chi connectivity index (χ1) is 16.2. The number of rotatable bonds is 9. The van der Waals surface area contributed by atoms with Crippen molar-refractivity contribution in [2.45, 2.75) is 13.2 Å². The standard InChI is InChI=1S/C29H24O4/c30-26-14-8-7-13-25(26)27(31)17-15-22-16-18-28(32-20-23-9-3-1-4-10-23)29(19-22)33-21-24-11-5-2-6-12-24/h1-19,30H,20-21H2. The van der Waals surface area contributed by atoms with Gasteiger partial charge in [0.2, 0.25) is 0 Å². The molecule has 0 heterocycles. The van der Waals surface area contributed by atoms with Gasteiger partial charge in [0.05, 0.1) is 5.56 Å². The topological polar surface area (TPSA) is 55.8 Å². The van der Waals surface area contributed by atoms with Crippen LogP contribution in [0.25, 0.3) is 6.08 Å². The van der Waals surface area contributed by atoms with Gasteiger partial charge in [-0.2, -0.15) is 0 Å². The average Bonchev–Trinajstić information content (AvgIpc) is 2.87. The molecule has 4 aromatic carbocycles. The molecule has 4 rings (SSSR count). The molecule has 0 unspecified atom stereocenters. The average molecular weight is 437 g/mol. The largest absolute Gasteiger partial charge is 0.507 e. The molecule has 0 saturated carbocycles. The summed E-state index contributed by atoms with van der Waals surface area (Å²) in [6, 6.07) is 31.9. The van der Waals surface area contributed by atoms with E-state index in [1.807, 2.05) is 78.9 Å². The second kappa shape index (κ2) is 10.8. The fourth-order valence-corrected chi connectivity index (χ4v) is 3.27. The van der Waals surface area contributed by atoms with Crippen molar-refractivity contribution in [2.24, 2.45) is 0 Å². The van der Waals surface area contributed by atoms with Crippen LogP contribution in [0.1, 0.15) is 27.0 Å². The number of para-hydroxylation sites is 1. The lowest BCUT2D eigenvalue weighted by molar-refractivity contribution is 0.104. The fraction of sp³-hybridized carbons (Fsp3) is 0.0690. The third-order valence-electron chi connectivity index (χ3n) is 5.04. The number of allylic oxidation sites excluding steroid dienone is 1. The molecule has 0 radical (unpaired) electrons. The maximum absolute atomic E-state index is 12.5. The highest BCUT2D eigenvalue weighted by Crippen LogP contribution is 2.31. The quantitative estimate of drug-likeness (QED) is 0.242. The summed E-state index contributed by atoms with van der Waals surface area (Å²) >= 11 is 0. The summed E-state index contributed by atoms with van der Waals surface area (Å²) in [4.78, 5) is 12.5. The number of phenolic OH excluding ortho intramolecular Hbond substituents is 1. The van der Waals surface area contributed by atoms with Crippen LogP contribution < -0.4 is 9.47 Å². The molecule has 1 N–H and O–H groups in total. The van der Waals surface area contributed by atoms with E-state index in [2.05, 4.69) is 0 Å². The number of hydrogen-bond acceptors (Lipinski definition) is 4. The molecule has 164 valence electrons. The minimum Gasteiger partial charge on any atom is -0.507 e. The Morgan fingerprint density at radius 3 is 1.91 bits per heavy atom. The molecule has 0 fully saturated rings. The van der Waals surface area contributed by atoms with Crippen LogP contribution in [-0.2, 0) is 13.2 Å². The van der Waals surface area contributed by atoms with Crippen LogP contribution in [0.5, 0.6) is 17.2 Å². The maximum Gasteiger partial charge on any atom is 0.189 e. The number of carbonyl (C=O) groups excluding carboxylic acids is 1. The fourth-order valence-electron chi connectivity index (χ4n) is 3.27. The van der Waals surface area contributed by atoms with Crippen LogP contribution in [0.2, 0.25) is 0 Å². The van der Waals surface area contributed by atoms with Gasteiger partial charge < -0.3 is 14.6 Å². The summed E-state index contributed by atoms with van der Waals surface area (Å²) in [5, 5.41) is 9.90. The zero-order valence-corrected chi connectivity index (χ0v) is 18.1.